The molecule has 1 aromatic rings. The summed E-state index contributed by atoms with van der Waals surface area (Å²) in [6, 6.07) is 6.73. The highest BCUT2D eigenvalue weighted by atomic mass is 16.4. The molecule has 0 aliphatic heterocycles. The molecule has 1 aromatic carbocycles. The van der Waals surface area contributed by atoms with E-state index in [0.717, 1.165) is 11.1 Å². The first kappa shape index (κ1) is 15.0. The fraction of sp³-hybridized carbons (Fsp3) is 0.429. The van der Waals surface area contributed by atoms with Crippen LogP contribution < -0.4 is 0 Å². The molecule has 0 fully saturated rings. The molecule has 0 saturated heterocycles. The van der Waals surface area contributed by atoms with Crippen LogP contribution in [0.3, 0.4) is 0 Å². The smallest absolute Gasteiger partial charge is 0.326 e. The zero-order chi connectivity index (χ0) is 14.6. The van der Waals surface area contributed by atoms with Gasteiger partial charge < -0.3 is 14.9 Å². The fourth-order valence-corrected chi connectivity index (χ4v) is 1.64. The van der Waals surface area contributed by atoms with Gasteiger partial charge in [-0.1, -0.05) is 29.8 Å². The number of carbonyl (C=O) groups is 2. The number of amides is 2. The van der Waals surface area contributed by atoms with Crippen LogP contribution in [0.1, 0.15) is 18.1 Å². The Balaban J connectivity index is 2.67. The Morgan fingerprint density at radius 1 is 1.21 bits per heavy atom. The van der Waals surface area contributed by atoms with Crippen LogP contribution in [0, 0.1) is 6.92 Å². The molecule has 19 heavy (non-hydrogen) atoms. The number of hydrogen-bond acceptors (Lipinski definition) is 2. The molecule has 2 amide bonds. The van der Waals surface area contributed by atoms with E-state index in [9.17, 15) is 9.59 Å². The van der Waals surface area contributed by atoms with E-state index in [1.165, 1.54) is 23.8 Å². The second kappa shape index (κ2) is 6.22. The van der Waals surface area contributed by atoms with Gasteiger partial charge in [0.05, 0.1) is 0 Å². The first-order valence-electron chi connectivity index (χ1n) is 6.09. The van der Waals surface area contributed by atoms with Gasteiger partial charge in [-0.2, -0.15) is 0 Å². The van der Waals surface area contributed by atoms with Gasteiger partial charge in [0.25, 0.3) is 0 Å². The van der Waals surface area contributed by atoms with Gasteiger partial charge >= 0.3 is 12.0 Å². The number of aliphatic carboxylic acids is 1. The fourth-order valence-electron chi connectivity index (χ4n) is 1.64. The number of likely N-dealkylation sites (N-methyl/N-ethyl adjacent to an activating group) is 1. The maximum Gasteiger partial charge on any atom is 0.326 e. The third kappa shape index (κ3) is 3.98. The van der Waals surface area contributed by atoms with Crippen LogP contribution in [0.2, 0.25) is 0 Å². The molecule has 0 radical (unpaired) electrons. The lowest BCUT2D eigenvalue weighted by atomic mass is 10.1. The van der Waals surface area contributed by atoms with Crippen molar-refractivity contribution >= 4 is 12.0 Å². The highest BCUT2D eigenvalue weighted by Gasteiger charge is 2.24. The molecule has 0 bridgehead atoms. The number of nitrogens with zero attached hydrogens (tertiary/aromatic N) is 2. The van der Waals surface area contributed by atoms with E-state index in [1.54, 1.807) is 7.05 Å². The van der Waals surface area contributed by atoms with E-state index < -0.39 is 12.0 Å². The number of carboxylic acid groups (broad SMARTS) is 1. The molecule has 1 atom stereocenters. The van der Waals surface area contributed by atoms with Crippen molar-refractivity contribution < 1.29 is 14.7 Å². The lowest BCUT2D eigenvalue weighted by molar-refractivity contribution is -0.141. The van der Waals surface area contributed by atoms with Crippen LogP contribution in [0.25, 0.3) is 0 Å². The molecule has 5 heteroatoms. The molecule has 0 aromatic heterocycles. The molecule has 1 N–H and O–H groups in total. The van der Waals surface area contributed by atoms with E-state index in [4.69, 9.17) is 5.11 Å². The zero-order valence-electron chi connectivity index (χ0n) is 11.8. The number of aryl methyl sites for hydroxylation is 1. The number of hydrogen-bond donors (Lipinski definition) is 1. The lowest BCUT2D eigenvalue weighted by Crippen LogP contribution is -2.46. The van der Waals surface area contributed by atoms with E-state index in [-0.39, 0.29) is 6.03 Å². The van der Waals surface area contributed by atoms with Crippen LogP contribution in [-0.4, -0.2) is 47.0 Å². The standard InChI is InChI=1S/C14H20N2O3/c1-10-5-7-12(8-6-10)9-15(3)14(19)16(4)11(2)13(17)18/h5-8,11H,9H2,1-4H3,(H,17,18). The highest BCUT2D eigenvalue weighted by Crippen LogP contribution is 2.08. The topological polar surface area (TPSA) is 60.9 Å². The van der Waals surface area contributed by atoms with Crippen LogP contribution in [0.4, 0.5) is 4.79 Å². The Bertz CT molecular complexity index is 456. The predicted molar refractivity (Wildman–Crippen MR) is 72.9 cm³/mol. The second-order valence-electron chi connectivity index (χ2n) is 4.75. The van der Waals surface area contributed by atoms with Crippen LogP contribution in [-0.2, 0) is 11.3 Å². The molecule has 1 unspecified atom stereocenters. The van der Waals surface area contributed by atoms with Crippen molar-refractivity contribution in [1.82, 2.24) is 9.80 Å². The summed E-state index contributed by atoms with van der Waals surface area (Å²) in [6.45, 7) is 3.94. The minimum absolute atomic E-state index is 0.310. The summed E-state index contributed by atoms with van der Waals surface area (Å²) >= 11 is 0. The van der Waals surface area contributed by atoms with Crippen molar-refractivity contribution in [2.24, 2.45) is 0 Å². The van der Waals surface area contributed by atoms with Gasteiger partial charge in [0.2, 0.25) is 0 Å². The third-order valence-corrected chi connectivity index (χ3v) is 3.11. The van der Waals surface area contributed by atoms with Crippen molar-refractivity contribution in [2.45, 2.75) is 26.4 Å². The van der Waals surface area contributed by atoms with E-state index >= 15 is 0 Å². The number of rotatable bonds is 4. The maximum absolute atomic E-state index is 12.0. The molecule has 104 valence electrons. The van der Waals surface area contributed by atoms with Crippen LogP contribution >= 0.6 is 0 Å². The Morgan fingerprint density at radius 2 is 1.74 bits per heavy atom. The first-order chi connectivity index (χ1) is 8.82. The van der Waals surface area contributed by atoms with Crippen molar-refractivity contribution in [3.05, 3.63) is 35.4 Å². The Labute approximate surface area is 113 Å². The molecular formula is C14H20N2O3. The minimum atomic E-state index is -1.01. The Hall–Kier alpha value is -2.04. The molecule has 0 heterocycles. The van der Waals surface area contributed by atoms with Gasteiger partial charge in [0, 0.05) is 20.6 Å². The molecule has 5 nitrogen and oxygen atoms in total. The summed E-state index contributed by atoms with van der Waals surface area (Å²) in [4.78, 5) is 25.6. The van der Waals surface area contributed by atoms with Crippen molar-refractivity contribution in [1.29, 1.82) is 0 Å². The van der Waals surface area contributed by atoms with Crippen molar-refractivity contribution in [3.8, 4) is 0 Å². The van der Waals surface area contributed by atoms with Gasteiger partial charge in [-0.15, -0.1) is 0 Å². The summed E-state index contributed by atoms with van der Waals surface area (Å²) in [6.07, 6.45) is 0. The summed E-state index contributed by atoms with van der Waals surface area (Å²) in [5, 5.41) is 8.89. The minimum Gasteiger partial charge on any atom is -0.480 e. The van der Waals surface area contributed by atoms with Gasteiger partial charge in [0.15, 0.2) is 0 Å². The average Bonchev–Trinajstić information content (AvgIpc) is 2.38. The summed E-state index contributed by atoms with van der Waals surface area (Å²) in [5.41, 5.74) is 2.17. The van der Waals surface area contributed by atoms with Gasteiger partial charge in [-0.25, -0.2) is 9.59 Å². The van der Waals surface area contributed by atoms with E-state index in [1.807, 2.05) is 31.2 Å². The normalized spacial score (nSPS) is 11.8. The molecule has 0 aliphatic carbocycles. The lowest BCUT2D eigenvalue weighted by Gasteiger charge is -2.27. The second-order valence-corrected chi connectivity index (χ2v) is 4.75. The number of benzene rings is 1. The number of carbonyl (C=O) groups excluding carboxylic acids is 1. The molecular weight excluding hydrogens is 244 g/mol. The van der Waals surface area contributed by atoms with Gasteiger partial charge in [-0.05, 0) is 19.4 Å². The molecule has 0 saturated carbocycles. The summed E-state index contributed by atoms with van der Waals surface area (Å²) in [5.74, 6) is -1.01. The monoisotopic (exact) mass is 264 g/mol. The van der Waals surface area contributed by atoms with E-state index in [0.29, 0.717) is 6.54 Å². The van der Waals surface area contributed by atoms with E-state index in [2.05, 4.69) is 0 Å². The van der Waals surface area contributed by atoms with Crippen LogP contribution in [0.5, 0.6) is 0 Å². The Kier molecular flexibility index (Phi) is 4.92. The first-order valence-corrected chi connectivity index (χ1v) is 6.09. The predicted octanol–water partition coefficient (Wildman–Crippen LogP) is 1.95. The largest absolute Gasteiger partial charge is 0.480 e. The quantitative estimate of drug-likeness (QED) is 0.904. The average molecular weight is 264 g/mol. The highest BCUT2D eigenvalue weighted by molar-refractivity contribution is 5.82. The summed E-state index contributed by atoms with van der Waals surface area (Å²) < 4.78 is 0. The Morgan fingerprint density at radius 3 is 2.21 bits per heavy atom. The van der Waals surface area contributed by atoms with Crippen molar-refractivity contribution in [2.75, 3.05) is 14.1 Å². The van der Waals surface area contributed by atoms with Gasteiger partial charge in [-0.3, -0.25) is 0 Å². The molecule has 0 aliphatic rings. The molecule has 1 rings (SSSR count). The molecule has 0 spiro atoms. The number of carboxylic acids is 1. The summed E-state index contributed by atoms with van der Waals surface area (Å²) in [7, 11) is 3.15. The third-order valence-electron chi connectivity index (χ3n) is 3.11. The maximum atomic E-state index is 12.0. The van der Waals surface area contributed by atoms with Gasteiger partial charge in [0.1, 0.15) is 6.04 Å². The van der Waals surface area contributed by atoms with Crippen LogP contribution in [0.15, 0.2) is 24.3 Å². The number of urea groups is 1. The van der Waals surface area contributed by atoms with Crippen molar-refractivity contribution in [3.63, 3.8) is 0 Å². The SMILES string of the molecule is Cc1ccc(CN(C)C(=O)N(C)C(C)C(=O)O)cc1. The zero-order valence-corrected chi connectivity index (χ0v) is 11.8.